The van der Waals surface area contributed by atoms with E-state index < -0.39 is 0 Å². The molecule has 0 rings (SSSR count). The third kappa shape index (κ3) is 3.81. The molecule has 0 unspecified atom stereocenters. The van der Waals surface area contributed by atoms with Gasteiger partial charge >= 0.3 is 0 Å². The van der Waals surface area contributed by atoms with E-state index in [1.165, 1.54) is 0 Å². The summed E-state index contributed by atoms with van der Waals surface area (Å²) in [5.74, 6) is 0.454. The van der Waals surface area contributed by atoms with Gasteiger partial charge in [-0.3, -0.25) is 0 Å². The fourth-order valence-electron chi connectivity index (χ4n) is 0.909. The molecule has 2 nitrogen and oxygen atoms in total. The van der Waals surface area contributed by atoms with Gasteiger partial charge in [-0.2, -0.15) is 5.10 Å². The molecular weight excluding hydrogens is 136 g/mol. The first-order valence-electron chi connectivity index (χ1n) is 3.86. The van der Waals surface area contributed by atoms with E-state index in [9.17, 15) is 0 Å². The minimum atomic E-state index is 0.454. The Balaban J connectivity index is 4.47. The first kappa shape index (κ1) is 10.2. The summed E-state index contributed by atoms with van der Waals surface area (Å²) in [6, 6.07) is 0. The second-order valence-electron chi connectivity index (χ2n) is 3.27. The molecular formula is C9H18N2. The van der Waals surface area contributed by atoms with Gasteiger partial charge in [-0.1, -0.05) is 20.4 Å². The Kier molecular flexibility index (Phi) is 3.86. The van der Waals surface area contributed by atoms with Gasteiger partial charge in [0.15, 0.2) is 0 Å². The Morgan fingerprint density at radius 2 is 1.82 bits per heavy atom. The Labute approximate surface area is 69.6 Å². The fraction of sp³-hybridized carbons (Fsp3) is 0.667. The van der Waals surface area contributed by atoms with E-state index in [2.05, 4.69) is 25.5 Å². The molecule has 0 amide bonds. The van der Waals surface area contributed by atoms with Crippen LogP contribution in [0.5, 0.6) is 0 Å². The van der Waals surface area contributed by atoms with Gasteiger partial charge in [-0.25, -0.2) is 0 Å². The van der Waals surface area contributed by atoms with Crippen molar-refractivity contribution in [3.63, 3.8) is 0 Å². The van der Waals surface area contributed by atoms with Gasteiger partial charge < -0.3 is 5.01 Å². The Morgan fingerprint density at radius 3 is 1.91 bits per heavy atom. The van der Waals surface area contributed by atoms with E-state index in [4.69, 9.17) is 0 Å². The van der Waals surface area contributed by atoms with E-state index in [1.807, 2.05) is 26.0 Å². The van der Waals surface area contributed by atoms with Gasteiger partial charge in [0.2, 0.25) is 0 Å². The Morgan fingerprint density at radius 1 is 1.36 bits per heavy atom. The fourth-order valence-corrected chi connectivity index (χ4v) is 0.909. The monoisotopic (exact) mass is 154 g/mol. The zero-order chi connectivity index (χ0) is 9.02. The first-order chi connectivity index (χ1) is 4.95. The number of allylic oxidation sites excluding steroid dienone is 1. The lowest BCUT2D eigenvalue weighted by molar-refractivity contribution is 0.434. The predicted octanol–water partition coefficient (Wildman–Crippen LogP) is 2.14. The lowest BCUT2D eigenvalue weighted by Crippen LogP contribution is -2.14. The van der Waals surface area contributed by atoms with Crippen molar-refractivity contribution in [3.05, 3.63) is 12.2 Å². The van der Waals surface area contributed by atoms with E-state index in [0.29, 0.717) is 5.92 Å². The summed E-state index contributed by atoms with van der Waals surface area (Å²) in [6.45, 7) is 10.1. The molecule has 0 atom stereocenters. The van der Waals surface area contributed by atoms with Crippen LogP contribution >= 0.6 is 0 Å². The third-order valence-corrected chi connectivity index (χ3v) is 1.29. The molecule has 0 aliphatic rings. The number of hydrazone groups is 1. The van der Waals surface area contributed by atoms with Crippen molar-refractivity contribution in [2.45, 2.75) is 20.8 Å². The summed E-state index contributed by atoms with van der Waals surface area (Å²) in [5.41, 5.74) is 2.13. The highest BCUT2D eigenvalue weighted by atomic mass is 15.4. The molecule has 0 aliphatic carbocycles. The molecule has 0 saturated carbocycles. The van der Waals surface area contributed by atoms with Crippen molar-refractivity contribution in [1.82, 2.24) is 5.01 Å². The van der Waals surface area contributed by atoms with Crippen molar-refractivity contribution < 1.29 is 0 Å². The molecule has 64 valence electrons. The largest absolute Gasteiger partial charge is 0.303 e. The minimum Gasteiger partial charge on any atom is -0.303 e. The number of rotatable bonds is 3. The van der Waals surface area contributed by atoms with Crippen LogP contribution in [-0.2, 0) is 0 Å². The first-order valence-corrected chi connectivity index (χ1v) is 3.86. The summed E-state index contributed by atoms with van der Waals surface area (Å²) < 4.78 is 0. The van der Waals surface area contributed by atoms with Crippen molar-refractivity contribution in [1.29, 1.82) is 0 Å². The molecule has 0 aromatic carbocycles. The van der Waals surface area contributed by atoms with Crippen LogP contribution in [0.15, 0.2) is 17.3 Å². The van der Waals surface area contributed by atoms with Crippen molar-refractivity contribution in [3.8, 4) is 0 Å². The molecule has 0 N–H and O–H groups in total. The highest BCUT2D eigenvalue weighted by Gasteiger charge is 2.05. The topological polar surface area (TPSA) is 15.6 Å². The maximum Gasteiger partial charge on any atom is 0.0653 e. The molecule has 0 spiro atoms. The van der Waals surface area contributed by atoms with Gasteiger partial charge in [0.1, 0.15) is 0 Å². The Hall–Kier alpha value is -0.790. The molecule has 0 bridgehead atoms. The average molecular weight is 154 g/mol. The highest BCUT2D eigenvalue weighted by molar-refractivity contribution is 6.00. The van der Waals surface area contributed by atoms with Crippen LogP contribution in [0.3, 0.4) is 0 Å². The summed E-state index contributed by atoms with van der Waals surface area (Å²) >= 11 is 0. The van der Waals surface area contributed by atoms with Crippen molar-refractivity contribution in [2.75, 3.05) is 14.1 Å². The maximum absolute atomic E-state index is 4.33. The van der Waals surface area contributed by atoms with Crippen LogP contribution in [0, 0.1) is 5.92 Å². The van der Waals surface area contributed by atoms with E-state index in [0.717, 1.165) is 11.3 Å². The number of hydrogen-bond donors (Lipinski definition) is 0. The molecule has 0 aromatic heterocycles. The van der Waals surface area contributed by atoms with Crippen LogP contribution < -0.4 is 0 Å². The molecule has 0 heterocycles. The lowest BCUT2D eigenvalue weighted by atomic mass is 10.0. The van der Waals surface area contributed by atoms with Crippen LogP contribution in [0.25, 0.3) is 0 Å². The molecule has 0 aromatic rings. The second-order valence-corrected chi connectivity index (χ2v) is 3.27. The summed E-state index contributed by atoms with van der Waals surface area (Å²) in [6.07, 6.45) is 0. The van der Waals surface area contributed by atoms with Gasteiger partial charge in [0.05, 0.1) is 5.71 Å². The smallest absolute Gasteiger partial charge is 0.0653 e. The predicted molar refractivity (Wildman–Crippen MR) is 50.8 cm³/mol. The van der Waals surface area contributed by atoms with Crippen LogP contribution in [0.1, 0.15) is 20.8 Å². The zero-order valence-corrected chi connectivity index (χ0v) is 8.18. The maximum atomic E-state index is 4.33. The number of nitrogens with zero attached hydrogens (tertiary/aromatic N) is 2. The number of hydrogen-bond acceptors (Lipinski definition) is 2. The molecule has 0 fully saturated rings. The van der Waals surface area contributed by atoms with Crippen molar-refractivity contribution >= 4 is 5.71 Å². The lowest BCUT2D eigenvalue weighted by Gasteiger charge is -2.13. The van der Waals surface area contributed by atoms with E-state index in [-0.39, 0.29) is 0 Å². The summed E-state index contributed by atoms with van der Waals surface area (Å²) in [7, 11) is 3.84. The Bertz CT molecular complexity index is 166. The molecule has 0 saturated heterocycles. The SMILES string of the molecule is C=C(C)/C(=N\N(C)C)C(C)C. The van der Waals surface area contributed by atoms with Gasteiger partial charge in [0, 0.05) is 14.1 Å². The molecule has 11 heavy (non-hydrogen) atoms. The van der Waals surface area contributed by atoms with Gasteiger partial charge in [-0.15, -0.1) is 0 Å². The standard InChI is InChI=1S/C9H18N2/c1-7(2)9(8(3)4)10-11(5)6/h8H,1H2,2-6H3/b10-9+. The average Bonchev–Trinajstić information content (AvgIpc) is 1.81. The molecule has 0 radical (unpaired) electrons. The van der Waals surface area contributed by atoms with E-state index in [1.54, 1.807) is 0 Å². The van der Waals surface area contributed by atoms with Crippen LogP contribution in [-0.4, -0.2) is 24.8 Å². The second kappa shape index (κ2) is 4.16. The minimum absolute atomic E-state index is 0.454. The van der Waals surface area contributed by atoms with Crippen molar-refractivity contribution in [2.24, 2.45) is 11.0 Å². The summed E-state index contributed by atoms with van der Waals surface area (Å²) in [5, 5.41) is 6.14. The van der Waals surface area contributed by atoms with E-state index >= 15 is 0 Å². The van der Waals surface area contributed by atoms with Crippen LogP contribution in [0.4, 0.5) is 0 Å². The van der Waals surface area contributed by atoms with Gasteiger partial charge in [0.25, 0.3) is 0 Å². The normalized spacial score (nSPS) is 12.0. The van der Waals surface area contributed by atoms with Gasteiger partial charge in [-0.05, 0) is 18.4 Å². The van der Waals surface area contributed by atoms with Crippen LogP contribution in [0.2, 0.25) is 0 Å². The summed E-state index contributed by atoms with van der Waals surface area (Å²) in [4.78, 5) is 0. The zero-order valence-electron chi connectivity index (χ0n) is 8.18. The highest BCUT2D eigenvalue weighted by Crippen LogP contribution is 2.05. The quantitative estimate of drug-likeness (QED) is 0.449. The molecule has 2 heteroatoms. The third-order valence-electron chi connectivity index (χ3n) is 1.29. The molecule has 0 aliphatic heterocycles.